The maximum absolute atomic E-state index is 5.32. The average molecular weight is 373 g/mol. The molecule has 0 aliphatic carbocycles. The molecule has 0 radical (unpaired) electrons. The molecule has 2 aromatic rings. The fourth-order valence-corrected chi connectivity index (χ4v) is 2.47. The summed E-state index contributed by atoms with van der Waals surface area (Å²) in [5, 5.41) is 7.80. The number of ether oxygens (including phenoxy) is 3. The number of thiocarbonyl (C=S) groups is 1. The Morgan fingerprint density at radius 2 is 1.65 bits per heavy atom. The van der Waals surface area contributed by atoms with Crippen LogP contribution in [0, 0.1) is 0 Å². The number of hydrogen-bond acceptors (Lipinski definition) is 5. The third-order valence-corrected chi connectivity index (χ3v) is 3.80. The zero-order valence-corrected chi connectivity index (χ0v) is 16.1. The fourth-order valence-electron chi connectivity index (χ4n) is 2.31. The predicted molar refractivity (Wildman–Crippen MR) is 109 cm³/mol. The molecule has 7 heteroatoms. The summed E-state index contributed by atoms with van der Waals surface area (Å²) >= 11 is 5.26. The lowest BCUT2D eigenvalue weighted by Gasteiger charge is -2.10. The number of rotatable bonds is 7. The molecule has 2 N–H and O–H groups in total. The van der Waals surface area contributed by atoms with Crippen LogP contribution in [-0.2, 0) is 6.42 Å². The Morgan fingerprint density at radius 3 is 2.27 bits per heavy atom. The van der Waals surface area contributed by atoms with E-state index in [1.165, 1.54) is 0 Å². The standard InChI is InChI=1S/C19H23N3O3S/c1-13(11-14-5-10-17(24-3)18(12-14)25-4)21-22-19(26)20-15-6-8-16(23-2)9-7-15/h5-10,12H,11H2,1-4H3,(H2,20,22,26)/b21-13-. The van der Waals surface area contributed by atoms with Gasteiger partial charge in [-0.2, -0.15) is 5.10 Å². The van der Waals surface area contributed by atoms with Crippen LogP contribution in [0.25, 0.3) is 0 Å². The van der Waals surface area contributed by atoms with Gasteiger partial charge in [0.1, 0.15) is 5.75 Å². The van der Waals surface area contributed by atoms with Crippen LogP contribution in [0.3, 0.4) is 0 Å². The first-order valence-corrected chi connectivity index (χ1v) is 8.41. The quantitative estimate of drug-likeness (QED) is 0.439. The lowest BCUT2D eigenvalue weighted by molar-refractivity contribution is 0.354. The van der Waals surface area contributed by atoms with E-state index < -0.39 is 0 Å². The van der Waals surface area contributed by atoms with Crippen molar-refractivity contribution in [1.82, 2.24) is 5.43 Å². The summed E-state index contributed by atoms with van der Waals surface area (Å²) in [6, 6.07) is 13.3. The molecule has 0 saturated carbocycles. The van der Waals surface area contributed by atoms with Crippen molar-refractivity contribution in [2.24, 2.45) is 5.10 Å². The fraction of sp³-hybridized carbons (Fsp3) is 0.263. The normalized spacial score (nSPS) is 10.8. The van der Waals surface area contributed by atoms with Gasteiger partial charge in [0.15, 0.2) is 16.6 Å². The molecule has 26 heavy (non-hydrogen) atoms. The zero-order chi connectivity index (χ0) is 18.9. The van der Waals surface area contributed by atoms with E-state index in [9.17, 15) is 0 Å². The first-order chi connectivity index (χ1) is 12.5. The lowest BCUT2D eigenvalue weighted by atomic mass is 10.1. The van der Waals surface area contributed by atoms with Crippen molar-refractivity contribution in [1.29, 1.82) is 0 Å². The van der Waals surface area contributed by atoms with Gasteiger partial charge in [0.05, 0.1) is 21.3 Å². The van der Waals surface area contributed by atoms with Crippen LogP contribution in [0.5, 0.6) is 17.2 Å². The number of nitrogens with one attached hydrogen (secondary N) is 2. The molecular weight excluding hydrogens is 350 g/mol. The molecule has 0 aliphatic rings. The van der Waals surface area contributed by atoms with E-state index in [0.29, 0.717) is 23.0 Å². The molecule has 0 aliphatic heterocycles. The van der Waals surface area contributed by atoms with Crippen LogP contribution >= 0.6 is 12.2 Å². The minimum absolute atomic E-state index is 0.418. The van der Waals surface area contributed by atoms with Gasteiger partial charge in [-0.3, -0.25) is 5.43 Å². The van der Waals surface area contributed by atoms with Gasteiger partial charge in [-0.15, -0.1) is 0 Å². The van der Waals surface area contributed by atoms with Gasteiger partial charge in [-0.25, -0.2) is 0 Å². The van der Waals surface area contributed by atoms with Crippen LogP contribution in [0.15, 0.2) is 47.6 Å². The molecule has 0 unspecified atom stereocenters. The molecule has 0 amide bonds. The maximum atomic E-state index is 5.32. The predicted octanol–water partition coefficient (Wildman–Crippen LogP) is 3.62. The number of hydrazone groups is 1. The highest BCUT2D eigenvalue weighted by molar-refractivity contribution is 7.80. The van der Waals surface area contributed by atoms with Gasteiger partial charge in [-0.1, -0.05) is 6.07 Å². The SMILES string of the molecule is COc1ccc(NC(=S)N/N=C(/C)Cc2ccc(OC)c(OC)c2)cc1. The van der Waals surface area contributed by atoms with Crippen molar-refractivity contribution in [3.63, 3.8) is 0 Å². The highest BCUT2D eigenvalue weighted by Crippen LogP contribution is 2.27. The second-order valence-electron chi connectivity index (χ2n) is 5.51. The molecular formula is C19H23N3O3S. The van der Waals surface area contributed by atoms with Crippen molar-refractivity contribution in [2.75, 3.05) is 26.6 Å². The van der Waals surface area contributed by atoms with Crippen LogP contribution in [0.4, 0.5) is 5.69 Å². The number of benzene rings is 2. The Hall–Kier alpha value is -2.80. The summed E-state index contributed by atoms with van der Waals surface area (Å²) in [6.07, 6.45) is 0.665. The summed E-state index contributed by atoms with van der Waals surface area (Å²) in [4.78, 5) is 0. The molecule has 0 saturated heterocycles. The van der Waals surface area contributed by atoms with E-state index in [2.05, 4.69) is 15.8 Å². The van der Waals surface area contributed by atoms with Crippen LogP contribution in [-0.4, -0.2) is 32.2 Å². The second-order valence-corrected chi connectivity index (χ2v) is 5.92. The molecule has 2 aromatic carbocycles. The second kappa shape index (κ2) is 9.62. The van der Waals surface area contributed by atoms with E-state index in [-0.39, 0.29) is 0 Å². The van der Waals surface area contributed by atoms with E-state index in [4.69, 9.17) is 26.4 Å². The largest absolute Gasteiger partial charge is 0.497 e. The molecule has 138 valence electrons. The van der Waals surface area contributed by atoms with E-state index >= 15 is 0 Å². The van der Waals surface area contributed by atoms with Gasteiger partial charge in [0.2, 0.25) is 0 Å². The minimum atomic E-state index is 0.418. The molecule has 0 heterocycles. The topological polar surface area (TPSA) is 64.1 Å². The summed E-state index contributed by atoms with van der Waals surface area (Å²) in [5.74, 6) is 2.19. The Kier molecular flexibility index (Phi) is 7.23. The van der Waals surface area contributed by atoms with Gasteiger partial charge in [-0.05, 0) is 61.1 Å². The minimum Gasteiger partial charge on any atom is -0.497 e. The number of hydrogen-bond donors (Lipinski definition) is 2. The molecule has 0 spiro atoms. The first kappa shape index (κ1) is 19.5. The monoisotopic (exact) mass is 373 g/mol. The van der Waals surface area contributed by atoms with Crippen molar-refractivity contribution < 1.29 is 14.2 Å². The van der Waals surface area contributed by atoms with Crippen molar-refractivity contribution in [3.8, 4) is 17.2 Å². The smallest absolute Gasteiger partial charge is 0.191 e. The Bertz CT molecular complexity index is 776. The number of anilines is 1. The Balaban J connectivity index is 1.91. The number of nitrogens with zero attached hydrogens (tertiary/aromatic N) is 1. The Morgan fingerprint density at radius 1 is 0.962 bits per heavy atom. The van der Waals surface area contributed by atoms with Gasteiger partial charge in [0, 0.05) is 17.8 Å². The Labute approximate surface area is 159 Å². The molecule has 0 aromatic heterocycles. The summed E-state index contributed by atoms with van der Waals surface area (Å²) in [7, 11) is 4.86. The van der Waals surface area contributed by atoms with Gasteiger partial charge in [0.25, 0.3) is 0 Å². The molecule has 0 atom stereocenters. The van der Waals surface area contributed by atoms with Gasteiger partial charge >= 0.3 is 0 Å². The highest BCUT2D eigenvalue weighted by atomic mass is 32.1. The average Bonchev–Trinajstić information content (AvgIpc) is 2.67. The molecule has 2 rings (SSSR count). The number of methoxy groups -OCH3 is 3. The van der Waals surface area contributed by atoms with Crippen molar-refractivity contribution >= 4 is 28.7 Å². The van der Waals surface area contributed by atoms with E-state index in [0.717, 1.165) is 22.7 Å². The third kappa shape index (κ3) is 5.63. The summed E-state index contributed by atoms with van der Waals surface area (Å²) in [5.41, 5.74) is 5.66. The van der Waals surface area contributed by atoms with Crippen molar-refractivity contribution in [3.05, 3.63) is 48.0 Å². The summed E-state index contributed by atoms with van der Waals surface area (Å²) < 4.78 is 15.7. The molecule has 0 bridgehead atoms. The molecule has 0 fully saturated rings. The summed E-state index contributed by atoms with van der Waals surface area (Å²) in [6.45, 7) is 1.93. The van der Waals surface area contributed by atoms with Crippen LogP contribution in [0.2, 0.25) is 0 Å². The van der Waals surface area contributed by atoms with E-state index in [1.54, 1.807) is 21.3 Å². The maximum Gasteiger partial charge on any atom is 0.191 e. The zero-order valence-electron chi connectivity index (χ0n) is 15.3. The third-order valence-electron chi connectivity index (χ3n) is 3.60. The first-order valence-electron chi connectivity index (χ1n) is 8.00. The van der Waals surface area contributed by atoms with E-state index in [1.807, 2.05) is 49.4 Å². The van der Waals surface area contributed by atoms with Crippen LogP contribution in [0.1, 0.15) is 12.5 Å². The van der Waals surface area contributed by atoms with Crippen molar-refractivity contribution in [2.45, 2.75) is 13.3 Å². The highest BCUT2D eigenvalue weighted by Gasteiger charge is 2.05. The van der Waals surface area contributed by atoms with Crippen LogP contribution < -0.4 is 25.0 Å². The lowest BCUT2D eigenvalue weighted by Crippen LogP contribution is -2.25. The molecule has 6 nitrogen and oxygen atoms in total. The van der Waals surface area contributed by atoms with Gasteiger partial charge < -0.3 is 19.5 Å².